The van der Waals surface area contributed by atoms with Crippen molar-refractivity contribution in [2.24, 2.45) is 0 Å². The number of rotatable bonds is 3. The highest BCUT2D eigenvalue weighted by atomic mass is 16.7. The Kier molecular flexibility index (Phi) is 5.69. The van der Waals surface area contributed by atoms with Crippen LogP contribution >= 0.6 is 0 Å². The molecule has 0 saturated carbocycles. The molecule has 4 N–H and O–H groups in total. The SMILES string of the molecule is C#CC1OC(C)C(OC2CC(C)(O)C(O)C(C)O2)C(NC)C1O. The topological polar surface area (TPSA) is 100 Å². The fourth-order valence-electron chi connectivity index (χ4n) is 3.31. The Morgan fingerprint density at radius 1 is 1.26 bits per heavy atom. The van der Waals surface area contributed by atoms with Crippen molar-refractivity contribution < 1.29 is 29.5 Å². The van der Waals surface area contributed by atoms with Crippen LogP contribution in [-0.2, 0) is 14.2 Å². The van der Waals surface area contributed by atoms with Gasteiger partial charge in [-0.1, -0.05) is 5.92 Å². The average Bonchev–Trinajstić information content (AvgIpc) is 2.48. The Balaban J connectivity index is 2.10. The lowest BCUT2D eigenvalue weighted by molar-refractivity contribution is -0.304. The largest absolute Gasteiger partial charge is 0.388 e. The minimum atomic E-state index is -1.31. The molecular weight excluding hydrogens is 302 g/mol. The maximum Gasteiger partial charge on any atom is 0.161 e. The van der Waals surface area contributed by atoms with Gasteiger partial charge in [0, 0.05) is 6.42 Å². The highest BCUT2D eigenvalue weighted by Crippen LogP contribution is 2.32. The van der Waals surface area contributed by atoms with Gasteiger partial charge in [0.15, 0.2) is 6.29 Å². The van der Waals surface area contributed by atoms with Crippen LogP contribution in [0.1, 0.15) is 27.2 Å². The van der Waals surface area contributed by atoms with Gasteiger partial charge in [0.05, 0.1) is 23.9 Å². The second-order valence-electron chi connectivity index (χ2n) is 6.61. The molecule has 0 aromatic rings. The first-order valence-electron chi connectivity index (χ1n) is 7.89. The molecule has 2 aliphatic heterocycles. The number of ether oxygens (including phenoxy) is 3. The maximum absolute atomic E-state index is 10.3. The zero-order valence-electron chi connectivity index (χ0n) is 14.0. The van der Waals surface area contributed by atoms with Crippen molar-refractivity contribution in [2.75, 3.05) is 7.05 Å². The Labute approximate surface area is 136 Å². The molecule has 9 unspecified atom stereocenters. The monoisotopic (exact) mass is 329 g/mol. The molecule has 2 saturated heterocycles. The summed E-state index contributed by atoms with van der Waals surface area (Å²) in [5.41, 5.74) is -1.31. The molecule has 9 atom stereocenters. The zero-order valence-corrected chi connectivity index (χ0v) is 14.0. The van der Waals surface area contributed by atoms with E-state index in [4.69, 9.17) is 20.6 Å². The molecule has 7 heteroatoms. The molecule has 23 heavy (non-hydrogen) atoms. The van der Waals surface area contributed by atoms with Crippen molar-refractivity contribution in [2.45, 2.75) is 81.7 Å². The van der Waals surface area contributed by atoms with Crippen LogP contribution in [0.25, 0.3) is 0 Å². The summed E-state index contributed by atoms with van der Waals surface area (Å²) >= 11 is 0. The zero-order chi connectivity index (χ0) is 17.4. The standard InChI is InChI=1S/C16H27NO6/c1-6-10-13(18)12(17-5)14(8(2)21-10)23-11-7-16(4,20)15(19)9(3)22-11/h1,8-15,17-20H,7H2,2-5H3. The molecular formula is C16H27NO6. The number of hydrogen-bond acceptors (Lipinski definition) is 7. The van der Waals surface area contributed by atoms with Gasteiger partial charge in [-0.3, -0.25) is 0 Å². The minimum absolute atomic E-state index is 0.118. The third kappa shape index (κ3) is 3.69. The number of nitrogens with one attached hydrogen (secondary N) is 1. The second kappa shape index (κ2) is 7.03. The predicted octanol–water partition coefficient (Wildman–Crippen LogP) is -1.01. The molecule has 0 aromatic carbocycles. The number of aliphatic hydroxyl groups is 3. The van der Waals surface area contributed by atoms with Crippen molar-refractivity contribution in [1.29, 1.82) is 0 Å². The smallest absolute Gasteiger partial charge is 0.161 e. The fourth-order valence-corrected chi connectivity index (χ4v) is 3.31. The van der Waals surface area contributed by atoms with Crippen LogP contribution in [-0.4, -0.2) is 76.9 Å². The summed E-state index contributed by atoms with van der Waals surface area (Å²) in [5.74, 6) is 2.43. The van der Waals surface area contributed by atoms with E-state index in [1.807, 2.05) is 6.92 Å². The second-order valence-corrected chi connectivity index (χ2v) is 6.61. The molecule has 0 bridgehead atoms. The van der Waals surface area contributed by atoms with Gasteiger partial charge >= 0.3 is 0 Å². The number of hydrogen-bond donors (Lipinski definition) is 4. The third-order valence-corrected chi connectivity index (χ3v) is 4.69. The molecule has 0 aromatic heterocycles. The average molecular weight is 329 g/mol. The number of terminal acetylenes is 1. The van der Waals surface area contributed by atoms with Crippen LogP contribution in [0.4, 0.5) is 0 Å². The molecule has 0 aliphatic carbocycles. The molecule has 0 radical (unpaired) electrons. The summed E-state index contributed by atoms with van der Waals surface area (Å²) in [4.78, 5) is 0. The Morgan fingerprint density at radius 3 is 2.43 bits per heavy atom. The molecule has 0 spiro atoms. The van der Waals surface area contributed by atoms with E-state index in [9.17, 15) is 15.3 Å². The van der Waals surface area contributed by atoms with Crippen LogP contribution in [0.5, 0.6) is 0 Å². The van der Waals surface area contributed by atoms with Gasteiger partial charge in [0.1, 0.15) is 24.4 Å². The van der Waals surface area contributed by atoms with Gasteiger partial charge in [-0.2, -0.15) is 0 Å². The Bertz CT molecular complexity index is 450. The summed E-state index contributed by atoms with van der Waals surface area (Å²) in [6, 6.07) is -0.435. The van der Waals surface area contributed by atoms with Gasteiger partial charge in [-0.15, -0.1) is 6.42 Å². The summed E-state index contributed by atoms with van der Waals surface area (Å²) in [6.07, 6.45) is 0.719. The molecule has 132 valence electrons. The number of likely N-dealkylation sites (N-methyl/N-ethyl adjacent to an activating group) is 1. The lowest BCUT2D eigenvalue weighted by Gasteiger charge is -2.47. The summed E-state index contributed by atoms with van der Waals surface area (Å²) in [6.45, 7) is 5.03. The molecule has 2 rings (SSSR count). The van der Waals surface area contributed by atoms with Gasteiger partial charge in [0.25, 0.3) is 0 Å². The van der Waals surface area contributed by atoms with E-state index in [0.717, 1.165) is 0 Å². The summed E-state index contributed by atoms with van der Waals surface area (Å²) < 4.78 is 17.2. The fraction of sp³-hybridized carbons (Fsp3) is 0.875. The van der Waals surface area contributed by atoms with E-state index in [1.165, 1.54) is 0 Å². The van der Waals surface area contributed by atoms with Crippen LogP contribution in [0.2, 0.25) is 0 Å². The van der Waals surface area contributed by atoms with Gasteiger partial charge in [-0.25, -0.2) is 0 Å². The maximum atomic E-state index is 10.3. The van der Waals surface area contributed by atoms with Crippen molar-refractivity contribution in [3.8, 4) is 12.3 Å². The van der Waals surface area contributed by atoms with Crippen molar-refractivity contribution in [1.82, 2.24) is 5.32 Å². The molecule has 2 aliphatic rings. The lowest BCUT2D eigenvalue weighted by atomic mass is 9.88. The van der Waals surface area contributed by atoms with E-state index >= 15 is 0 Å². The first kappa shape index (κ1) is 18.6. The Morgan fingerprint density at radius 2 is 1.91 bits per heavy atom. The highest BCUT2D eigenvalue weighted by Gasteiger charge is 2.48. The van der Waals surface area contributed by atoms with Gasteiger partial charge in [0.2, 0.25) is 0 Å². The van der Waals surface area contributed by atoms with Crippen molar-refractivity contribution >= 4 is 0 Å². The van der Waals surface area contributed by atoms with E-state index in [2.05, 4.69) is 11.2 Å². The summed E-state index contributed by atoms with van der Waals surface area (Å²) in [7, 11) is 1.71. The number of aliphatic hydroxyl groups excluding tert-OH is 2. The normalized spacial score (nSPS) is 51.2. The van der Waals surface area contributed by atoms with Gasteiger partial charge in [-0.05, 0) is 27.8 Å². The first-order chi connectivity index (χ1) is 10.7. The molecule has 0 amide bonds. The van der Waals surface area contributed by atoms with Crippen LogP contribution < -0.4 is 5.32 Å². The quantitative estimate of drug-likeness (QED) is 0.492. The first-order valence-corrected chi connectivity index (χ1v) is 7.89. The van der Waals surface area contributed by atoms with E-state index in [1.54, 1.807) is 20.9 Å². The van der Waals surface area contributed by atoms with E-state index in [0.29, 0.717) is 0 Å². The predicted molar refractivity (Wildman–Crippen MR) is 82.5 cm³/mol. The highest BCUT2D eigenvalue weighted by molar-refractivity contribution is 5.08. The Hall–Kier alpha value is -0.720. The molecule has 2 heterocycles. The molecule has 2 fully saturated rings. The van der Waals surface area contributed by atoms with Crippen LogP contribution in [0, 0.1) is 12.3 Å². The van der Waals surface area contributed by atoms with Gasteiger partial charge < -0.3 is 34.8 Å². The van der Waals surface area contributed by atoms with E-state index < -0.39 is 48.5 Å². The van der Waals surface area contributed by atoms with Crippen molar-refractivity contribution in [3.05, 3.63) is 0 Å². The lowest BCUT2D eigenvalue weighted by Crippen LogP contribution is -2.64. The van der Waals surface area contributed by atoms with E-state index in [-0.39, 0.29) is 12.5 Å². The third-order valence-electron chi connectivity index (χ3n) is 4.69. The van der Waals surface area contributed by atoms with Crippen LogP contribution in [0.15, 0.2) is 0 Å². The summed E-state index contributed by atoms with van der Waals surface area (Å²) in [5, 5.41) is 33.6. The van der Waals surface area contributed by atoms with Crippen LogP contribution in [0.3, 0.4) is 0 Å². The molecule has 7 nitrogen and oxygen atoms in total. The van der Waals surface area contributed by atoms with Crippen molar-refractivity contribution in [3.63, 3.8) is 0 Å². The minimum Gasteiger partial charge on any atom is -0.388 e.